The maximum Gasteiger partial charge on any atom is 0.278 e. The fraction of sp³-hybridized carbons (Fsp3) is 0.286. The lowest BCUT2D eigenvalue weighted by molar-refractivity contribution is 0.0979. The SMILES string of the molecule is Cn1ncc(N)c1C(=O)N1CCCOc2ccccc21. The van der Waals surface area contributed by atoms with Crippen LogP contribution in [0.2, 0.25) is 0 Å². The molecule has 6 heteroatoms. The third-order valence-corrected chi connectivity index (χ3v) is 3.35. The highest BCUT2D eigenvalue weighted by Crippen LogP contribution is 2.32. The Morgan fingerprint density at radius 2 is 2.20 bits per heavy atom. The molecular weight excluding hydrogens is 256 g/mol. The second-order valence-electron chi connectivity index (χ2n) is 4.70. The average molecular weight is 272 g/mol. The molecule has 6 nitrogen and oxygen atoms in total. The first kappa shape index (κ1) is 12.5. The summed E-state index contributed by atoms with van der Waals surface area (Å²) in [6.45, 7) is 1.20. The first-order chi connectivity index (χ1) is 9.68. The fourth-order valence-corrected chi connectivity index (χ4v) is 2.38. The van der Waals surface area contributed by atoms with Crippen molar-refractivity contribution in [3.8, 4) is 5.75 Å². The van der Waals surface area contributed by atoms with Gasteiger partial charge in [-0.3, -0.25) is 9.48 Å². The Morgan fingerprint density at radius 1 is 1.40 bits per heavy atom. The first-order valence-corrected chi connectivity index (χ1v) is 6.49. The van der Waals surface area contributed by atoms with Crippen LogP contribution in [0.5, 0.6) is 5.75 Å². The summed E-state index contributed by atoms with van der Waals surface area (Å²) in [6.07, 6.45) is 2.27. The Kier molecular flexibility index (Phi) is 3.06. The van der Waals surface area contributed by atoms with Gasteiger partial charge in [-0.05, 0) is 18.6 Å². The van der Waals surface area contributed by atoms with E-state index >= 15 is 0 Å². The second kappa shape index (κ2) is 4.88. The normalized spacial score (nSPS) is 14.3. The van der Waals surface area contributed by atoms with Crippen molar-refractivity contribution in [3.05, 3.63) is 36.2 Å². The summed E-state index contributed by atoms with van der Waals surface area (Å²) in [7, 11) is 1.71. The quantitative estimate of drug-likeness (QED) is 0.852. The Labute approximate surface area is 116 Å². The molecule has 0 spiro atoms. The number of aryl methyl sites for hydroxylation is 1. The highest BCUT2D eigenvalue weighted by molar-refractivity contribution is 6.08. The van der Waals surface area contributed by atoms with E-state index in [-0.39, 0.29) is 5.91 Å². The molecule has 0 atom stereocenters. The van der Waals surface area contributed by atoms with Crippen molar-refractivity contribution in [2.75, 3.05) is 23.8 Å². The van der Waals surface area contributed by atoms with Gasteiger partial charge in [0.25, 0.3) is 5.91 Å². The maximum atomic E-state index is 12.7. The maximum absolute atomic E-state index is 12.7. The average Bonchev–Trinajstić information content (AvgIpc) is 2.67. The number of nitrogen functional groups attached to an aromatic ring is 1. The van der Waals surface area contributed by atoms with Crippen LogP contribution in [0.4, 0.5) is 11.4 Å². The molecule has 2 N–H and O–H groups in total. The lowest BCUT2D eigenvalue weighted by atomic mass is 10.2. The molecule has 0 fully saturated rings. The van der Waals surface area contributed by atoms with Crippen LogP contribution >= 0.6 is 0 Å². The van der Waals surface area contributed by atoms with E-state index in [2.05, 4.69) is 5.10 Å². The van der Waals surface area contributed by atoms with Crippen LogP contribution in [-0.2, 0) is 7.05 Å². The Morgan fingerprint density at radius 3 is 2.95 bits per heavy atom. The number of aromatic nitrogens is 2. The highest BCUT2D eigenvalue weighted by atomic mass is 16.5. The monoisotopic (exact) mass is 272 g/mol. The van der Waals surface area contributed by atoms with Crippen molar-refractivity contribution >= 4 is 17.3 Å². The number of fused-ring (bicyclic) bond motifs is 1. The van der Waals surface area contributed by atoms with Gasteiger partial charge >= 0.3 is 0 Å². The Balaban J connectivity index is 2.04. The van der Waals surface area contributed by atoms with Gasteiger partial charge in [-0.25, -0.2) is 0 Å². The van der Waals surface area contributed by atoms with Crippen LogP contribution in [0.3, 0.4) is 0 Å². The van der Waals surface area contributed by atoms with Gasteiger partial charge in [0, 0.05) is 13.6 Å². The molecular formula is C14H16N4O2. The summed E-state index contributed by atoms with van der Waals surface area (Å²) in [6, 6.07) is 7.53. The van der Waals surface area contributed by atoms with Crippen LogP contribution in [0.25, 0.3) is 0 Å². The van der Waals surface area contributed by atoms with E-state index in [4.69, 9.17) is 10.5 Å². The lowest BCUT2D eigenvalue weighted by Gasteiger charge is -2.21. The summed E-state index contributed by atoms with van der Waals surface area (Å²) >= 11 is 0. The third kappa shape index (κ3) is 1.99. The molecule has 2 aromatic rings. The number of hydrogen-bond acceptors (Lipinski definition) is 4. The van der Waals surface area contributed by atoms with Crippen LogP contribution in [0, 0.1) is 0 Å². The zero-order valence-corrected chi connectivity index (χ0v) is 11.2. The van der Waals surface area contributed by atoms with Crippen molar-refractivity contribution in [3.63, 3.8) is 0 Å². The van der Waals surface area contributed by atoms with E-state index in [0.29, 0.717) is 24.5 Å². The molecule has 1 aromatic heterocycles. The second-order valence-corrected chi connectivity index (χ2v) is 4.70. The molecule has 3 rings (SSSR count). The summed E-state index contributed by atoms with van der Waals surface area (Å²) in [5, 5.41) is 4.02. The standard InChI is InChI=1S/C14H16N4O2/c1-17-13(10(15)9-16-17)14(19)18-7-4-8-20-12-6-3-2-5-11(12)18/h2-3,5-6,9H,4,7-8,15H2,1H3. The number of anilines is 2. The predicted molar refractivity (Wildman–Crippen MR) is 75.9 cm³/mol. The summed E-state index contributed by atoms with van der Waals surface area (Å²) in [4.78, 5) is 14.5. The van der Waals surface area contributed by atoms with Gasteiger partial charge in [0.2, 0.25) is 0 Å². The van der Waals surface area contributed by atoms with Crippen LogP contribution < -0.4 is 15.4 Å². The molecule has 0 radical (unpaired) electrons. The molecule has 2 heterocycles. The largest absolute Gasteiger partial charge is 0.491 e. The van der Waals surface area contributed by atoms with Crippen molar-refractivity contribution in [1.82, 2.24) is 9.78 Å². The number of nitrogens with two attached hydrogens (primary N) is 1. The van der Waals surface area contributed by atoms with Gasteiger partial charge in [-0.15, -0.1) is 0 Å². The van der Waals surface area contributed by atoms with Crippen LogP contribution in [0.1, 0.15) is 16.9 Å². The molecule has 104 valence electrons. The Hall–Kier alpha value is -2.50. The zero-order chi connectivity index (χ0) is 14.1. The molecule has 0 saturated heterocycles. The highest BCUT2D eigenvalue weighted by Gasteiger charge is 2.26. The number of carbonyl (C=O) groups is 1. The smallest absolute Gasteiger partial charge is 0.278 e. The first-order valence-electron chi connectivity index (χ1n) is 6.49. The summed E-state index contributed by atoms with van der Waals surface area (Å²) in [5.74, 6) is 0.569. The van der Waals surface area contributed by atoms with Crippen LogP contribution in [0.15, 0.2) is 30.5 Å². The number of hydrogen-bond donors (Lipinski definition) is 1. The van der Waals surface area contributed by atoms with Gasteiger partial charge in [-0.2, -0.15) is 5.10 Å². The third-order valence-electron chi connectivity index (χ3n) is 3.35. The van der Waals surface area contributed by atoms with Crippen molar-refractivity contribution in [1.29, 1.82) is 0 Å². The number of carbonyl (C=O) groups excluding carboxylic acids is 1. The lowest BCUT2D eigenvalue weighted by Crippen LogP contribution is -2.33. The molecule has 0 bridgehead atoms. The van der Waals surface area contributed by atoms with Crippen molar-refractivity contribution in [2.24, 2.45) is 7.05 Å². The number of benzene rings is 1. The minimum absolute atomic E-state index is 0.152. The van der Waals surface area contributed by atoms with E-state index < -0.39 is 0 Å². The van der Waals surface area contributed by atoms with Gasteiger partial charge in [0.05, 0.1) is 24.2 Å². The van der Waals surface area contributed by atoms with E-state index in [1.54, 1.807) is 11.9 Å². The number of amides is 1. The molecule has 1 aliphatic heterocycles. The van der Waals surface area contributed by atoms with E-state index in [1.807, 2.05) is 24.3 Å². The zero-order valence-electron chi connectivity index (χ0n) is 11.2. The minimum Gasteiger partial charge on any atom is -0.491 e. The van der Waals surface area contributed by atoms with E-state index in [9.17, 15) is 4.79 Å². The number of rotatable bonds is 1. The topological polar surface area (TPSA) is 73.4 Å². The number of nitrogens with zero attached hydrogens (tertiary/aromatic N) is 3. The molecule has 1 amide bonds. The Bertz CT molecular complexity index is 631. The summed E-state index contributed by atoms with van der Waals surface area (Å²) < 4.78 is 7.17. The number of para-hydroxylation sites is 2. The van der Waals surface area contributed by atoms with Crippen molar-refractivity contribution in [2.45, 2.75) is 6.42 Å². The molecule has 0 unspecified atom stereocenters. The summed E-state index contributed by atoms with van der Waals surface area (Å²) in [5.41, 5.74) is 7.41. The fourth-order valence-electron chi connectivity index (χ4n) is 2.38. The van der Waals surface area contributed by atoms with E-state index in [0.717, 1.165) is 17.9 Å². The molecule has 1 aliphatic rings. The van der Waals surface area contributed by atoms with Gasteiger partial charge in [0.1, 0.15) is 11.4 Å². The van der Waals surface area contributed by atoms with Gasteiger partial charge < -0.3 is 15.4 Å². The molecule has 0 aliphatic carbocycles. The molecule has 0 saturated carbocycles. The van der Waals surface area contributed by atoms with Crippen LogP contribution in [-0.4, -0.2) is 28.8 Å². The number of ether oxygens (including phenoxy) is 1. The predicted octanol–water partition coefficient (Wildman–Crippen LogP) is 1.43. The molecule has 1 aromatic carbocycles. The van der Waals surface area contributed by atoms with E-state index in [1.165, 1.54) is 10.9 Å². The van der Waals surface area contributed by atoms with Gasteiger partial charge in [-0.1, -0.05) is 12.1 Å². The van der Waals surface area contributed by atoms with Crippen molar-refractivity contribution < 1.29 is 9.53 Å². The molecule has 20 heavy (non-hydrogen) atoms. The van der Waals surface area contributed by atoms with Gasteiger partial charge in [0.15, 0.2) is 0 Å². The minimum atomic E-state index is -0.152.